The van der Waals surface area contributed by atoms with Crippen molar-refractivity contribution in [2.45, 2.75) is 33.0 Å². The Hall–Kier alpha value is -0.823. The van der Waals surface area contributed by atoms with Crippen molar-refractivity contribution in [3.05, 3.63) is 47.2 Å². The molecule has 0 spiro atoms. The number of benzene rings is 1. The molecule has 0 atom stereocenters. The Kier molecular flexibility index (Phi) is 3.70. The summed E-state index contributed by atoms with van der Waals surface area (Å²) in [5.41, 5.74) is 5.42. The Morgan fingerprint density at radius 3 is 2.21 bits per heavy atom. The lowest BCUT2D eigenvalue weighted by molar-refractivity contribution is 1.31. The molecule has 0 radical (unpaired) electrons. The van der Waals surface area contributed by atoms with E-state index in [1.54, 1.807) is 0 Å². The van der Waals surface area contributed by atoms with Gasteiger partial charge < -0.3 is 0 Å². The fourth-order valence-corrected chi connectivity index (χ4v) is 4.91. The molecule has 0 aliphatic carbocycles. The molecule has 0 bridgehead atoms. The van der Waals surface area contributed by atoms with Crippen molar-refractivity contribution in [1.29, 1.82) is 0 Å². The van der Waals surface area contributed by atoms with Crippen molar-refractivity contribution >= 4 is 8.07 Å². The van der Waals surface area contributed by atoms with Crippen LogP contribution >= 0.6 is 0 Å². The van der Waals surface area contributed by atoms with E-state index in [-0.39, 0.29) is 0 Å². The van der Waals surface area contributed by atoms with E-state index >= 15 is 0 Å². The van der Waals surface area contributed by atoms with Gasteiger partial charge in [-0.05, 0) is 19.9 Å². The van der Waals surface area contributed by atoms with Crippen LogP contribution in [0.25, 0.3) is 0 Å². The molecular formula is C13H20Si. The number of hydrogen-bond acceptors (Lipinski definition) is 0. The molecule has 0 N–H and O–H groups in total. The van der Waals surface area contributed by atoms with Crippen LogP contribution in [0.5, 0.6) is 0 Å². The normalized spacial score (nSPS) is 11.1. The Morgan fingerprint density at radius 1 is 1.14 bits per heavy atom. The lowest BCUT2D eigenvalue weighted by Gasteiger charge is -2.18. The minimum atomic E-state index is -1.17. The molecule has 1 heteroatoms. The van der Waals surface area contributed by atoms with E-state index in [4.69, 9.17) is 0 Å². The van der Waals surface area contributed by atoms with Gasteiger partial charge in [0.1, 0.15) is 0 Å². The van der Waals surface area contributed by atoms with E-state index in [0.29, 0.717) is 0 Å². The molecule has 1 rings (SSSR count). The second kappa shape index (κ2) is 4.60. The van der Waals surface area contributed by atoms with E-state index in [1.807, 2.05) is 0 Å². The summed E-state index contributed by atoms with van der Waals surface area (Å²) >= 11 is 0. The first-order valence-electron chi connectivity index (χ1n) is 5.20. The van der Waals surface area contributed by atoms with Crippen molar-refractivity contribution in [1.82, 2.24) is 0 Å². The topological polar surface area (TPSA) is 0 Å². The number of rotatable bonds is 3. The van der Waals surface area contributed by atoms with Gasteiger partial charge in [-0.1, -0.05) is 60.3 Å². The monoisotopic (exact) mass is 204 g/mol. The van der Waals surface area contributed by atoms with Gasteiger partial charge in [0.25, 0.3) is 0 Å². The van der Waals surface area contributed by atoms with Crippen LogP contribution in [0.4, 0.5) is 0 Å². The highest BCUT2D eigenvalue weighted by Crippen LogP contribution is 2.14. The summed E-state index contributed by atoms with van der Waals surface area (Å²) in [4.78, 5) is 0. The van der Waals surface area contributed by atoms with Crippen LogP contribution in [0, 0.1) is 0 Å². The lowest BCUT2D eigenvalue weighted by Crippen LogP contribution is -2.27. The Labute approximate surface area is 88.7 Å². The summed E-state index contributed by atoms with van der Waals surface area (Å²) in [5, 5.41) is 0. The molecule has 0 unspecified atom stereocenters. The van der Waals surface area contributed by atoms with Crippen LogP contribution in [-0.4, -0.2) is 8.07 Å². The first-order valence-corrected chi connectivity index (χ1v) is 8.48. The van der Waals surface area contributed by atoms with E-state index < -0.39 is 8.07 Å². The van der Waals surface area contributed by atoms with Gasteiger partial charge in [-0.25, -0.2) is 0 Å². The second-order valence-corrected chi connectivity index (χ2v) is 9.49. The van der Waals surface area contributed by atoms with Crippen LogP contribution in [0.2, 0.25) is 13.1 Å². The molecule has 0 aromatic heterocycles. The minimum absolute atomic E-state index is 1.17. The highest BCUT2D eigenvalue weighted by Gasteiger charge is 2.17. The zero-order valence-electron chi connectivity index (χ0n) is 9.67. The van der Waals surface area contributed by atoms with Crippen molar-refractivity contribution in [3.8, 4) is 0 Å². The van der Waals surface area contributed by atoms with Gasteiger partial charge in [0.05, 0.1) is 8.07 Å². The van der Waals surface area contributed by atoms with E-state index in [2.05, 4.69) is 63.0 Å². The average molecular weight is 204 g/mol. The van der Waals surface area contributed by atoms with Crippen LogP contribution in [0.1, 0.15) is 19.4 Å². The van der Waals surface area contributed by atoms with Gasteiger partial charge >= 0.3 is 0 Å². The van der Waals surface area contributed by atoms with E-state index in [9.17, 15) is 0 Å². The lowest BCUT2D eigenvalue weighted by atomic mass is 10.2. The SMILES string of the molecule is CC(C)=C[Si](C)(C)Cc1ccccc1. The number of hydrogen-bond donors (Lipinski definition) is 0. The summed E-state index contributed by atoms with van der Waals surface area (Å²) in [6.45, 7) is 9.24. The van der Waals surface area contributed by atoms with Crippen molar-refractivity contribution in [2.24, 2.45) is 0 Å². The summed E-state index contributed by atoms with van der Waals surface area (Å²) in [5.74, 6) is 0. The first-order chi connectivity index (χ1) is 6.49. The zero-order valence-corrected chi connectivity index (χ0v) is 10.7. The maximum absolute atomic E-state index is 2.49. The van der Waals surface area contributed by atoms with E-state index in [0.717, 1.165) is 0 Å². The molecule has 0 aliphatic heterocycles. The minimum Gasteiger partial charge on any atom is -0.0958 e. The molecule has 14 heavy (non-hydrogen) atoms. The third-order valence-corrected chi connectivity index (χ3v) is 4.86. The summed E-state index contributed by atoms with van der Waals surface area (Å²) < 4.78 is 0. The third-order valence-electron chi connectivity index (χ3n) is 2.18. The molecular weight excluding hydrogens is 184 g/mol. The highest BCUT2D eigenvalue weighted by atomic mass is 28.3. The highest BCUT2D eigenvalue weighted by molar-refractivity contribution is 6.81. The molecule has 0 fully saturated rings. The number of allylic oxidation sites excluding steroid dienone is 1. The third kappa shape index (κ3) is 3.92. The van der Waals surface area contributed by atoms with Crippen molar-refractivity contribution in [2.75, 3.05) is 0 Å². The molecule has 0 saturated carbocycles. The largest absolute Gasteiger partial charge is 0.0958 e. The zero-order chi connectivity index (χ0) is 10.6. The van der Waals surface area contributed by atoms with Crippen LogP contribution < -0.4 is 0 Å². The molecule has 0 nitrogen and oxygen atoms in total. The maximum Gasteiger partial charge on any atom is 0.0759 e. The smallest absolute Gasteiger partial charge is 0.0759 e. The van der Waals surface area contributed by atoms with Crippen LogP contribution in [0.3, 0.4) is 0 Å². The van der Waals surface area contributed by atoms with Crippen LogP contribution in [-0.2, 0) is 6.04 Å². The standard InChI is InChI=1S/C13H20Si/c1-12(2)10-14(3,4)11-13-8-6-5-7-9-13/h5-10H,11H2,1-4H3. The Bertz CT molecular complexity index is 305. The fourth-order valence-electron chi connectivity index (χ4n) is 1.95. The molecule has 76 valence electrons. The van der Waals surface area contributed by atoms with Crippen molar-refractivity contribution < 1.29 is 0 Å². The summed E-state index contributed by atoms with van der Waals surface area (Å²) in [6, 6.07) is 12.0. The van der Waals surface area contributed by atoms with Gasteiger partial charge in [0.2, 0.25) is 0 Å². The van der Waals surface area contributed by atoms with Crippen LogP contribution in [0.15, 0.2) is 41.6 Å². The van der Waals surface area contributed by atoms with Gasteiger partial charge in [-0.2, -0.15) is 0 Å². The molecule has 0 amide bonds. The van der Waals surface area contributed by atoms with E-state index in [1.165, 1.54) is 17.2 Å². The summed E-state index contributed by atoms with van der Waals surface area (Å²) in [6.07, 6.45) is 0. The molecule has 0 aliphatic rings. The second-order valence-electron chi connectivity index (χ2n) is 4.87. The molecule has 1 aromatic carbocycles. The Morgan fingerprint density at radius 2 is 1.71 bits per heavy atom. The molecule has 1 aromatic rings. The fraction of sp³-hybridized carbons (Fsp3) is 0.385. The predicted molar refractivity (Wildman–Crippen MR) is 67.1 cm³/mol. The van der Waals surface area contributed by atoms with Gasteiger partial charge in [0, 0.05) is 0 Å². The predicted octanol–water partition coefficient (Wildman–Crippen LogP) is 3.98. The van der Waals surface area contributed by atoms with Gasteiger partial charge in [0.15, 0.2) is 0 Å². The summed E-state index contributed by atoms with van der Waals surface area (Å²) in [7, 11) is -1.17. The molecule has 0 saturated heterocycles. The van der Waals surface area contributed by atoms with Crippen molar-refractivity contribution in [3.63, 3.8) is 0 Å². The first kappa shape index (κ1) is 11.3. The van der Waals surface area contributed by atoms with Gasteiger partial charge in [-0.3, -0.25) is 0 Å². The Balaban J connectivity index is 2.74. The van der Waals surface area contributed by atoms with Gasteiger partial charge in [-0.15, -0.1) is 0 Å². The molecule has 0 heterocycles. The quantitative estimate of drug-likeness (QED) is 0.653. The maximum atomic E-state index is 2.49. The average Bonchev–Trinajstić information content (AvgIpc) is 2.02.